The molecule has 0 bridgehead atoms. The summed E-state index contributed by atoms with van der Waals surface area (Å²) in [4.78, 5) is 54.8. The second kappa shape index (κ2) is 13.7. The van der Waals surface area contributed by atoms with Gasteiger partial charge in [-0.2, -0.15) is 5.06 Å². The summed E-state index contributed by atoms with van der Waals surface area (Å²) < 4.78 is 18.6. The second-order valence-corrected chi connectivity index (χ2v) is 17.1. The number of hydrogen-bond donors (Lipinski definition) is 0. The van der Waals surface area contributed by atoms with Gasteiger partial charge in [0, 0.05) is 31.8 Å². The van der Waals surface area contributed by atoms with Crippen molar-refractivity contribution in [3.05, 3.63) is 0 Å². The molecule has 3 amide bonds. The number of fused-ring (bicyclic) bond motifs is 1. The topological polar surface area (TPSA) is 99.7 Å². The molecule has 42 heavy (non-hydrogen) atoms. The van der Waals surface area contributed by atoms with E-state index in [0.29, 0.717) is 24.8 Å². The summed E-state index contributed by atoms with van der Waals surface area (Å²) in [7, 11) is -3.21. The lowest BCUT2D eigenvalue weighted by Crippen LogP contribution is -2.75. The monoisotopic (exact) mass is 610 g/mol. The third kappa shape index (κ3) is 7.96. The predicted molar refractivity (Wildman–Crippen MR) is 163 cm³/mol. The zero-order valence-corrected chi connectivity index (χ0v) is 27.9. The molecule has 3 heterocycles. The fraction of sp³-hybridized carbons (Fsp3) is 0.903. The van der Waals surface area contributed by atoms with Gasteiger partial charge in [0.05, 0.1) is 13.2 Å². The lowest BCUT2D eigenvalue weighted by atomic mass is 9.83. The van der Waals surface area contributed by atoms with Gasteiger partial charge in [-0.05, 0) is 57.8 Å². The van der Waals surface area contributed by atoms with E-state index >= 15 is 0 Å². The van der Waals surface area contributed by atoms with E-state index in [4.69, 9.17) is 9.36 Å². The van der Waals surface area contributed by atoms with Crippen LogP contribution in [0.1, 0.15) is 99.3 Å². The summed E-state index contributed by atoms with van der Waals surface area (Å²) in [6.07, 6.45) is 6.32. The van der Waals surface area contributed by atoms with Crippen molar-refractivity contribution in [3.63, 3.8) is 0 Å². The van der Waals surface area contributed by atoms with Crippen LogP contribution in [-0.4, -0.2) is 107 Å². The summed E-state index contributed by atoms with van der Waals surface area (Å²) in [5.41, 5.74) is -0.227. The number of amides is 3. The molecule has 4 atom stereocenters. The van der Waals surface area contributed by atoms with Crippen LogP contribution in [-0.2, 0) is 28.3 Å². The van der Waals surface area contributed by atoms with Crippen molar-refractivity contribution in [2.75, 3.05) is 39.1 Å². The van der Waals surface area contributed by atoms with Crippen LogP contribution in [0.25, 0.3) is 0 Å². The maximum atomic E-state index is 14.3. The highest BCUT2D eigenvalue weighted by molar-refractivity contribution is 7.59. The van der Waals surface area contributed by atoms with Gasteiger partial charge < -0.3 is 19.2 Å². The number of hydroxylamine groups is 2. The Morgan fingerprint density at radius 2 is 1.69 bits per heavy atom. The fourth-order valence-electron chi connectivity index (χ4n) is 7.32. The Morgan fingerprint density at radius 1 is 1.05 bits per heavy atom. The molecule has 0 aromatic heterocycles. The minimum atomic E-state index is -3.21. The highest BCUT2D eigenvalue weighted by Crippen LogP contribution is 2.44. The van der Waals surface area contributed by atoms with Crippen molar-refractivity contribution < 1.29 is 28.3 Å². The first-order valence-corrected chi connectivity index (χ1v) is 18.5. The average Bonchev–Trinajstić information content (AvgIpc) is 2.91. The van der Waals surface area contributed by atoms with E-state index in [0.717, 1.165) is 51.6 Å². The molecule has 1 saturated carbocycles. The van der Waals surface area contributed by atoms with E-state index in [9.17, 15) is 18.9 Å². The van der Waals surface area contributed by atoms with Gasteiger partial charge in [0.1, 0.15) is 12.2 Å². The van der Waals surface area contributed by atoms with Crippen molar-refractivity contribution in [1.82, 2.24) is 19.8 Å². The second-order valence-electron chi connectivity index (χ2n) is 14.5. The zero-order valence-electron chi connectivity index (χ0n) is 27.0. The van der Waals surface area contributed by atoms with Gasteiger partial charge >= 0.3 is 0 Å². The highest BCUT2D eigenvalue weighted by atomic mass is 31.2. The molecule has 3 aliphatic heterocycles. The molecule has 3 saturated heterocycles. The van der Waals surface area contributed by atoms with Gasteiger partial charge in [-0.1, -0.05) is 52.9 Å². The van der Waals surface area contributed by atoms with Crippen LogP contribution in [0.4, 0.5) is 0 Å². The summed E-state index contributed by atoms with van der Waals surface area (Å²) >= 11 is 0. The Labute approximate surface area is 253 Å². The Kier molecular flexibility index (Phi) is 10.9. The van der Waals surface area contributed by atoms with Gasteiger partial charge in [0.2, 0.25) is 13.3 Å². The molecular formula is C31H55N4O6P. The van der Waals surface area contributed by atoms with Crippen LogP contribution in [0.2, 0.25) is 0 Å². The van der Waals surface area contributed by atoms with Crippen molar-refractivity contribution >= 4 is 25.1 Å². The van der Waals surface area contributed by atoms with E-state index in [1.54, 1.807) is 11.8 Å². The van der Waals surface area contributed by atoms with Crippen LogP contribution in [0.5, 0.6) is 0 Å². The Bertz CT molecular complexity index is 1020. The standard InChI is InChI=1S/C31H55N4O6P/c1-8-40-42(7,39)21-28(36)35-27-20-33(24-14-16-32(17-15-24)22(2)3)29(37)25(19-31(4,5)6)34(27)30(38)26(41-35)18-23-12-10-9-11-13-23/h22-27H,8-21H2,1-7H3/t25-,26+,27-,42?/m0/s1. The average molecular weight is 611 g/mol. The number of carbonyl (C=O) groups is 3. The summed E-state index contributed by atoms with van der Waals surface area (Å²) in [5.74, 6) is -0.343. The molecule has 0 radical (unpaired) electrons. The Hall–Kier alpha value is -1.48. The van der Waals surface area contributed by atoms with E-state index in [1.807, 2.05) is 4.90 Å². The first-order chi connectivity index (χ1) is 19.7. The molecule has 0 aromatic carbocycles. The first-order valence-electron chi connectivity index (χ1n) is 16.3. The van der Waals surface area contributed by atoms with Crippen molar-refractivity contribution in [1.29, 1.82) is 0 Å². The van der Waals surface area contributed by atoms with Crippen LogP contribution in [0.3, 0.4) is 0 Å². The Balaban J connectivity index is 1.67. The predicted octanol–water partition coefficient (Wildman–Crippen LogP) is 4.72. The van der Waals surface area contributed by atoms with Gasteiger partial charge in [-0.3, -0.25) is 23.8 Å². The molecule has 1 unspecified atom stereocenters. The minimum absolute atomic E-state index is 0.0290. The van der Waals surface area contributed by atoms with Gasteiger partial charge in [-0.25, -0.2) is 0 Å². The minimum Gasteiger partial charge on any atom is -0.334 e. The van der Waals surface area contributed by atoms with Crippen LogP contribution in [0.15, 0.2) is 0 Å². The lowest BCUT2D eigenvalue weighted by Gasteiger charge is -2.56. The molecule has 1 aliphatic carbocycles. The largest absolute Gasteiger partial charge is 0.334 e. The van der Waals surface area contributed by atoms with Crippen molar-refractivity contribution in [3.8, 4) is 0 Å². The third-order valence-electron chi connectivity index (χ3n) is 9.44. The van der Waals surface area contributed by atoms with E-state index < -0.39 is 31.6 Å². The van der Waals surface area contributed by atoms with Crippen molar-refractivity contribution in [2.45, 2.75) is 130 Å². The van der Waals surface area contributed by atoms with Gasteiger partial charge in [0.25, 0.3) is 11.8 Å². The summed E-state index contributed by atoms with van der Waals surface area (Å²) in [6, 6.07) is -0.210. The lowest BCUT2D eigenvalue weighted by molar-refractivity contribution is -0.277. The van der Waals surface area contributed by atoms with E-state index in [-0.39, 0.29) is 42.6 Å². The maximum Gasteiger partial charge on any atom is 0.257 e. The molecule has 4 fully saturated rings. The SMILES string of the molecule is CCOP(C)(=O)CC(=O)N1O[C@H](CC2CCCCC2)C(=O)N2[C@@H]1CN(C1CCN(C(C)C)CC1)C(=O)[C@@H]2CC(C)(C)C. The van der Waals surface area contributed by atoms with Crippen LogP contribution >= 0.6 is 7.37 Å². The molecular weight excluding hydrogens is 555 g/mol. The van der Waals surface area contributed by atoms with Gasteiger partial charge in [-0.15, -0.1) is 0 Å². The van der Waals surface area contributed by atoms with Crippen LogP contribution < -0.4 is 0 Å². The molecule has 240 valence electrons. The zero-order chi connectivity index (χ0) is 30.8. The summed E-state index contributed by atoms with van der Waals surface area (Å²) in [5, 5.41) is 1.31. The molecule has 10 nitrogen and oxygen atoms in total. The number of nitrogens with zero attached hydrogens (tertiary/aromatic N) is 4. The molecule has 0 N–H and O–H groups in total. The van der Waals surface area contributed by atoms with Gasteiger partial charge in [0.15, 0.2) is 12.3 Å². The molecule has 4 aliphatic rings. The summed E-state index contributed by atoms with van der Waals surface area (Å²) in [6.45, 7) is 16.1. The highest BCUT2D eigenvalue weighted by Gasteiger charge is 2.55. The van der Waals surface area contributed by atoms with Crippen LogP contribution in [0, 0.1) is 11.3 Å². The maximum absolute atomic E-state index is 14.3. The number of carbonyl (C=O) groups excluding carboxylic acids is 3. The number of piperidine rings is 1. The third-order valence-corrected chi connectivity index (χ3v) is 11.1. The molecule has 4 rings (SSSR count). The van der Waals surface area contributed by atoms with E-state index in [1.165, 1.54) is 18.1 Å². The Morgan fingerprint density at radius 3 is 2.26 bits per heavy atom. The normalized spacial score (nSPS) is 28.8. The van der Waals surface area contributed by atoms with E-state index in [2.05, 4.69) is 39.5 Å². The fourth-order valence-corrected chi connectivity index (χ4v) is 8.58. The first kappa shape index (κ1) is 33.4. The number of likely N-dealkylation sites (tertiary alicyclic amines) is 1. The molecule has 0 spiro atoms. The number of rotatable bonds is 9. The van der Waals surface area contributed by atoms with Crippen molar-refractivity contribution in [2.24, 2.45) is 11.3 Å². The number of hydrogen-bond acceptors (Lipinski definition) is 7. The molecule has 0 aromatic rings. The smallest absolute Gasteiger partial charge is 0.257 e. The quantitative estimate of drug-likeness (QED) is 0.349. The molecule has 11 heteroatoms. The number of piperazine rings is 1.